The largest absolute Gasteiger partial charge is 0.192 e. The molecule has 0 amide bonds. The topological polar surface area (TPSA) is 23.8 Å². The second-order valence-corrected chi connectivity index (χ2v) is 4.30. The number of rotatable bonds is 2. The van der Waals surface area contributed by atoms with E-state index in [0.29, 0.717) is 5.92 Å². The molecule has 0 spiro atoms. The van der Waals surface area contributed by atoms with E-state index in [-0.39, 0.29) is 0 Å². The lowest BCUT2D eigenvalue weighted by atomic mass is 9.94. The van der Waals surface area contributed by atoms with E-state index < -0.39 is 0 Å². The van der Waals surface area contributed by atoms with Crippen LogP contribution in [0.2, 0.25) is 0 Å². The van der Waals surface area contributed by atoms with E-state index in [2.05, 4.69) is 32.9 Å². The predicted octanol–water partition coefficient (Wildman–Crippen LogP) is 3.37. The molecule has 0 aliphatic carbocycles. The van der Waals surface area contributed by atoms with Gasteiger partial charge in [-0.15, -0.1) is 0 Å². The molecule has 0 saturated heterocycles. The molecular weight excluding hydrogens is 170 g/mol. The maximum absolute atomic E-state index is 8.87. The molecule has 0 radical (unpaired) electrons. The van der Waals surface area contributed by atoms with Crippen LogP contribution in [0.4, 0.5) is 0 Å². The fraction of sp³-hybridized carbons (Fsp3) is 0.462. The Hall–Kier alpha value is -1.29. The van der Waals surface area contributed by atoms with Gasteiger partial charge in [0.1, 0.15) is 0 Å². The number of hydrogen-bond acceptors (Lipinski definition) is 1. The number of aryl methyl sites for hydroxylation is 2. The molecule has 0 aromatic heterocycles. The minimum absolute atomic E-state index is 0.668. The van der Waals surface area contributed by atoms with Gasteiger partial charge in [-0.2, -0.15) is 5.26 Å². The van der Waals surface area contributed by atoms with Gasteiger partial charge in [0.15, 0.2) is 0 Å². The predicted molar refractivity (Wildman–Crippen MR) is 59.2 cm³/mol. The van der Waals surface area contributed by atoms with Gasteiger partial charge < -0.3 is 0 Å². The molecule has 0 aliphatic rings. The number of nitriles is 1. The lowest BCUT2D eigenvalue weighted by molar-refractivity contribution is 0.644. The van der Waals surface area contributed by atoms with Gasteiger partial charge in [0.25, 0.3) is 0 Å². The number of hydrogen-bond donors (Lipinski definition) is 0. The van der Waals surface area contributed by atoms with E-state index in [1.807, 2.05) is 13.0 Å². The van der Waals surface area contributed by atoms with E-state index in [1.54, 1.807) is 0 Å². The van der Waals surface area contributed by atoms with Crippen LogP contribution < -0.4 is 0 Å². The highest BCUT2D eigenvalue weighted by Crippen LogP contribution is 2.18. The molecule has 1 aromatic rings. The Morgan fingerprint density at radius 2 is 1.86 bits per heavy atom. The van der Waals surface area contributed by atoms with Crippen LogP contribution in [-0.4, -0.2) is 0 Å². The minimum Gasteiger partial charge on any atom is -0.192 e. The molecule has 1 heteroatoms. The zero-order valence-electron chi connectivity index (χ0n) is 9.39. The monoisotopic (exact) mass is 187 g/mol. The maximum atomic E-state index is 8.87. The van der Waals surface area contributed by atoms with Gasteiger partial charge in [-0.3, -0.25) is 0 Å². The first-order chi connectivity index (χ1) is 6.54. The van der Waals surface area contributed by atoms with Gasteiger partial charge >= 0.3 is 0 Å². The fourth-order valence-corrected chi connectivity index (χ4v) is 1.66. The van der Waals surface area contributed by atoms with Gasteiger partial charge in [-0.25, -0.2) is 0 Å². The van der Waals surface area contributed by atoms with Crippen LogP contribution in [0.1, 0.15) is 36.1 Å². The summed E-state index contributed by atoms with van der Waals surface area (Å²) >= 11 is 0. The molecule has 0 unspecified atom stereocenters. The molecule has 0 bridgehead atoms. The summed E-state index contributed by atoms with van der Waals surface area (Å²) in [5, 5.41) is 8.87. The van der Waals surface area contributed by atoms with Crippen LogP contribution in [-0.2, 0) is 6.42 Å². The Morgan fingerprint density at radius 3 is 2.36 bits per heavy atom. The first-order valence-corrected chi connectivity index (χ1v) is 5.04. The smallest absolute Gasteiger partial charge is 0.0994 e. The normalized spacial score (nSPS) is 10.3. The Labute approximate surface area is 86.4 Å². The van der Waals surface area contributed by atoms with Crippen molar-refractivity contribution in [2.75, 3.05) is 0 Å². The van der Waals surface area contributed by atoms with Crippen LogP contribution >= 0.6 is 0 Å². The van der Waals surface area contributed by atoms with Crippen molar-refractivity contribution in [1.82, 2.24) is 0 Å². The first kappa shape index (κ1) is 10.8. The summed E-state index contributed by atoms with van der Waals surface area (Å²) in [6.45, 7) is 8.51. The molecule has 0 atom stereocenters. The van der Waals surface area contributed by atoms with Gasteiger partial charge in [-0.1, -0.05) is 19.9 Å². The number of benzene rings is 1. The first-order valence-electron chi connectivity index (χ1n) is 5.04. The third kappa shape index (κ3) is 2.35. The molecular formula is C13H17N. The highest BCUT2D eigenvalue weighted by atomic mass is 14.2. The van der Waals surface area contributed by atoms with Crippen LogP contribution in [0.25, 0.3) is 0 Å². The summed E-state index contributed by atoms with van der Waals surface area (Å²) in [5.41, 5.74) is 4.50. The quantitative estimate of drug-likeness (QED) is 0.696. The Balaban J connectivity index is 3.10. The van der Waals surface area contributed by atoms with Crippen LogP contribution in [0, 0.1) is 31.1 Å². The lowest BCUT2D eigenvalue weighted by Crippen LogP contribution is -1.98. The van der Waals surface area contributed by atoms with E-state index in [4.69, 9.17) is 5.26 Å². The molecule has 0 heterocycles. The molecule has 0 fully saturated rings. The number of nitrogens with zero attached hydrogens (tertiary/aromatic N) is 1. The summed E-state index contributed by atoms with van der Waals surface area (Å²) < 4.78 is 0. The van der Waals surface area contributed by atoms with Crippen molar-refractivity contribution in [3.63, 3.8) is 0 Å². The third-order valence-electron chi connectivity index (χ3n) is 2.43. The van der Waals surface area contributed by atoms with Crippen molar-refractivity contribution in [1.29, 1.82) is 5.26 Å². The average molecular weight is 187 g/mol. The van der Waals surface area contributed by atoms with E-state index in [9.17, 15) is 0 Å². The summed E-state index contributed by atoms with van der Waals surface area (Å²) in [6, 6.07) is 6.36. The SMILES string of the molecule is Cc1cc(CC(C)C)c(C)cc1C#N. The van der Waals surface area contributed by atoms with Crippen LogP contribution in [0.15, 0.2) is 12.1 Å². The molecule has 0 saturated carbocycles. The zero-order valence-corrected chi connectivity index (χ0v) is 9.39. The van der Waals surface area contributed by atoms with Crippen molar-refractivity contribution in [3.05, 3.63) is 34.4 Å². The van der Waals surface area contributed by atoms with Crippen LogP contribution in [0.3, 0.4) is 0 Å². The van der Waals surface area contributed by atoms with Crippen molar-refractivity contribution < 1.29 is 0 Å². The van der Waals surface area contributed by atoms with Crippen molar-refractivity contribution in [2.45, 2.75) is 34.1 Å². The molecule has 0 aliphatic heterocycles. The van der Waals surface area contributed by atoms with E-state index >= 15 is 0 Å². The molecule has 1 rings (SSSR count). The third-order valence-corrected chi connectivity index (χ3v) is 2.43. The highest BCUT2D eigenvalue weighted by Gasteiger charge is 2.05. The minimum atomic E-state index is 0.668. The van der Waals surface area contributed by atoms with E-state index in [0.717, 1.165) is 17.5 Å². The van der Waals surface area contributed by atoms with Crippen molar-refractivity contribution in [2.24, 2.45) is 5.92 Å². The molecule has 1 aromatic carbocycles. The van der Waals surface area contributed by atoms with Crippen LogP contribution in [0.5, 0.6) is 0 Å². The molecule has 1 nitrogen and oxygen atoms in total. The summed E-state index contributed by atoms with van der Waals surface area (Å²) in [7, 11) is 0. The zero-order chi connectivity index (χ0) is 10.7. The Morgan fingerprint density at radius 1 is 1.21 bits per heavy atom. The second kappa shape index (κ2) is 4.28. The standard InChI is InChI=1S/C13H17N/c1-9(2)5-12-6-11(4)13(8-14)7-10(12)3/h6-7,9H,5H2,1-4H3. The van der Waals surface area contributed by atoms with Gasteiger partial charge in [0.05, 0.1) is 11.6 Å². The van der Waals surface area contributed by atoms with Crippen molar-refractivity contribution in [3.8, 4) is 6.07 Å². The van der Waals surface area contributed by atoms with Crippen molar-refractivity contribution >= 4 is 0 Å². The summed E-state index contributed by atoms with van der Waals surface area (Å²) in [5.74, 6) is 0.668. The van der Waals surface area contributed by atoms with Gasteiger partial charge in [-0.05, 0) is 48.9 Å². The summed E-state index contributed by atoms with van der Waals surface area (Å²) in [6.07, 6.45) is 1.10. The molecule has 14 heavy (non-hydrogen) atoms. The highest BCUT2D eigenvalue weighted by molar-refractivity contribution is 5.43. The average Bonchev–Trinajstić information content (AvgIpc) is 2.10. The second-order valence-electron chi connectivity index (χ2n) is 4.30. The Kier molecular flexibility index (Phi) is 3.30. The lowest BCUT2D eigenvalue weighted by Gasteiger charge is -2.10. The fourth-order valence-electron chi connectivity index (χ4n) is 1.66. The van der Waals surface area contributed by atoms with E-state index in [1.165, 1.54) is 11.1 Å². The Bertz CT molecular complexity index is 370. The van der Waals surface area contributed by atoms with Gasteiger partial charge in [0.2, 0.25) is 0 Å². The maximum Gasteiger partial charge on any atom is 0.0994 e. The molecule has 74 valence electrons. The molecule has 0 N–H and O–H groups in total. The van der Waals surface area contributed by atoms with Gasteiger partial charge in [0, 0.05) is 0 Å². The summed E-state index contributed by atoms with van der Waals surface area (Å²) in [4.78, 5) is 0.